The average molecular weight is 430 g/mol. The quantitative estimate of drug-likeness (QED) is 0.763. The molecule has 1 fully saturated rings. The minimum atomic E-state index is -4.51. The number of alkyl halides is 3. The number of sulfonamides is 1. The van der Waals surface area contributed by atoms with Crippen LogP contribution >= 0.6 is 0 Å². The highest BCUT2D eigenvalue weighted by molar-refractivity contribution is 7.89. The first kappa shape index (κ1) is 21.3. The number of aromatic nitrogens is 2. The van der Waals surface area contributed by atoms with E-state index in [4.69, 9.17) is 0 Å². The summed E-state index contributed by atoms with van der Waals surface area (Å²) in [5.74, 6) is -0.449. The second-order valence-corrected chi connectivity index (χ2v) is 8.64. The molecule has 0 saturated carbocycles. The third kappa shape index (κ3) is 5.15. The number of carbonyl (C=O) groups excluding carboxylic acids is 1. The van der Waals surface area contributed by atoms with Crippen molar-refractivity contribution in [3.05, 3.63) is 47.8 Å². The van der Waals surface area contributed by atoms with Gasteiger partial charge in [-0.2, -0.15) is 22.6 Å². The second kappa shape index (κ2) is 8.54. The van der Waals surface area contributed by atoms with E-state index in [0.717, 1.165) is 30.0 Å². The van der Waals surface area contributed by atoms with Gasteiger partial charge in [-0.3, -0.25) is 9.48 Å². The van der Waals surface area contributed by atoms with Crippen LogP contribution < -0.4 is 5.32 Å². The molecule has 7 nitrogen and oxygen atoms in total. The minimum absolute atomic E-state index is 0.0727. The van der Waals surface area contributed by atoms with Crippen LogP contribution in [-0.4, -0.2) is 48.0 Å². The Morgan fingerprint density at radius 3 is 2.31 bits per heavy atom. The van der Waals surface area contributed by atoms with Gasteiger partial charge in [0.05, 0.1) is 11.4 Å². The fourth-order valence-electron chi connectivity index (χ4n) is 3.06. The lowest BCUT2D eigenvalue weighted by Gasteiger charge is -2.25. The Hall–Kier alpha value is -2.40. The Morgan fingerprint density at radius 2 is 1.72 bits per heavy atom. The number of rotatable bonds is 6. The van der Waals surface area contributed by atoms with E-state index in [-0.39, 0.29) is 23.5 Å². The maximum atomic E-state index is 12.6. The predicted molar refractivity (Wildman–Crippen MR) is 98.6 cm³/mol. The van der Waals surface area contributed by atoms with Crippen LogP contribution in [-0.2, 0) is 22.7 Å². The Bertz CT molecular complexity index is 949. The van der Waals surface area contributed by atoms with Crippen LogP contribution in [0.5, 0.6) is 0 Å². The molecular weight excluding hydrogens is 409 g/mol. The molecule has 1 aromatic carbocycles. The molecule has 1 aliphatic rings. The largest absolute Gasteiger partial charge is 0.435 e. The lowest BCUT2D eigenvalue weighted by molar-refractivity contribution is -0.141. The van der Waals surface area contributed by atoms with Crippen molar-refractivity contribution in [2.75, 3.05) is 19.6 Å². The number of amides is 1. The average Bonchev–Trinajstić information content (AvgIpc) is 3.18. The number of nitrogens with one attached hydrogen (secondary N) is 1. The van der Waals surface area contributed by atoms with E-state index < -0.39 is 27.8 Å². The summed E-state index contributed by atoms with van der Waals surface area (Å²) < 4.78 is 65.3. The molecule has 1 aliphatic heterocycles. The summed E-state index contributed by atoms with van der Waals surface area (Å²) in [5, 5.41) is 5.98. The molecule has 0 radical (unpaired) electrons. The van der Waals surface area contributed by atoms with Gasteiger partial charge in [0.15, 0.2) is 5.69 Å². The number of hydrogen-bond acceptors (Lipinski definition) is 4. The molecule has 0 bridgehead atoms. The van der Waals surface area contributed by atoms with Crippen molar-refractivity contribution < 1.29 is 26.4 Å². The molecule has 1 aromatic heterocycles. The van der Waals surface area contributed by atoms with E-state index in [9.17, 15) is 26.4 Å². The van der Waals surface area contributed by atoms with Gasteiger partial charge >= 0.3 is 6.18 Å². The van der Waals surface area contributed by atoms with Crippen LogP contribution in [0.3, 0.4) is 0 Å². The van der Waals surface area contributed by atoms with Crippen molar-refractivity contribution in [2.24, 2.45) is 0 Å². The predicted octanol–water partition coefficient (Wildman–Crippen LogP) is 2.51. The van der Waals surface area contributed by atoms with Crippen molar-refractivity contribution in [1.82, 2.24) is 19.4 Å². The van der Waals surface area contributed by atoms with Crippen molar-refractivity contribution in [2.45, 2.75) is 36.9 Å². The normalized spacial score (nSPS) is 16.0. The van der Waals surface area contributed by atoms with Gasteiger partial charge in [0, 0.05) is 31.4 Å². The van der Waals surface area contributed by atoms with Crippen molar-refractivity contribution in [3.8, 4) is 0 Å². The standard InChI is InChI=1S/C18H21F3N4O3S/c19-18(20,21)16-8-12-24(23-16)13-9-22-17(26)14-4-6-15(7-5-14)29(27,28)25-10-2-1-3-11-25/h4-8,12H,1-3,9-11,13H2,(H,22,26). The molecule has 29 heavy (non-hydrogen) atoms. The highest BCUT2D eigenvalue weighted by Gasteiger charge is 2.33. The molecule has 0 unspecified atom stereocenters. The third-order valence-corrected chi connectivity index (χ3v) is 6.54. The van der Waals surface area contributed by atoms with Gasteiger partial charge in [-0.1, -0.05) is 6.42 Å². The van der Waals surface area contributed by atoms with E-state index >= 15 is 0 Å². The van der Waals surface area contributed by atoms with Crippen molar-refractivity contribution >= 4 is 15.9 Å². The Kier molecular flexibility index (Phi) is 6.27. The van der Waals surface area contributed by atoms with E-state index in [1.165, 1.54) is 34.8 Å². The van der Waals surface area contributed by atoms with Gasteiger partial charge in [-0.25, -0.2) is 8.42 Å². The molecule has 158 valence electrons. The van der Waals surface area contributed by atoms with E-state index in [2.05, 4.69) is 10.4 Å². The maximum absolute atomic E-state index is 12.6. The molecule has 11 heteroatoms. The Labute approximate surface area is 166 Å². The van der Waals surface area contributed by atoms with Crippen LogP contribution in [0.4, 0.5) is 13.2 Å². The van der Waals surface area contributed by atoms with Gasteiger partial charge in [0.25, 0.3) is 5.91 Å². The number of piperidine rings is 1. The third-order valence-electron chi connectivity index (χ3n) is 4.63. The Morgan fingerprint density at radius 1 is 1.07 bits per heavy atom. The lowest BCUT2D eigenvalue weighted by atomic mass is 10.2. The fraction of sp³-hybridized carbons (Fsp3) is 0.444. The van der Waals surface area contributed by atoms with Gasteiger partial charge in [-0.05, 0) is 43.2 Å². The molecule has 2 heterocycles. The Balaban J connectivity index is 1.55. The molecule has 0 spiro atoms. The lowest BCUT2D eigenvalue weighted by Crippen LogP contribution is -2.35. The van der Waals surface area contributed by atoms with Crippen LogP contribution in [0.25, 0.3) is 0 Å². The summed E-state index contributed by atoms with van der Waals surface area (Å²) in [6, 6.07) is 6.48. The number of carbonyl (C=O) groups is 1. The first-order chi connectivity index (χ1) is 13.7. The monoisotopic (exact) mass is 430 g/mol. The fourth-order valence-corrected chi connectivity index (χ4v) is 4.57. The zero-order chi connectivity index (χ0) is 21.1. The molecule has 1 saturated heterocycles. The van der Waals surface area contributed by atoms with E-state index in [0.29, 0.717) is 13.1 Å². The van der Waals surface area contributed by atoms with Crippen LogP contribution in [0.15, 0.2) is 41.4 Å². The second-order valence-electron chi connectivity index (χ2n) is 6.71. The number of halogens is 3. The molecule has 3 rings (SSSR count). The van der Waals surface area contributed by atoms with E-state index in [1.807, 2.05) is 0 Å². The van der Waals surface area contributed by atoms with Crippen LogP contribution in [0, 0.1) is 0 Å². The van der Waals surface area contributed by atoms with Crippen molar-refractivity contribution in [1.29, 1.82) is 0 Å². The highest BCUT2D eigenvalue weighted by atomic mass is 32.2. The maximum Gasteiger partial charge on any atom is 0.435 e. The smallest absolute Gasteiger partial charge is 0.350 e. The molecule has 2 aromatic rings. The minimum Gasteiger partial charge on any atom is -0.350 e. The van der Waals surface area contributed by atoms with Gasteiger partial charge in [0.1, 0.15) is 0 Å². The zero-order valence-corrected chi connectivity index (χ0v) is 16.3. The van der Waals surface area contributed by atoms with E-state index in [1.54, 1.807) is 0 Å². The number of hydrogen-bond donors (Lipinski definition) is 1. The van der Waals surface area contributed by atoms with Crippen LogP contribution in [0.2, 0.25) is 0 Å². The summed E-state index contributed by atoms with van der Waals surface area (Å²) in [7, 11) is -3.57. The number of nitrogens with zero attached hydrogens (tertiary/aromatic N) is 3. The van der Waals surface area contributed by atoms with Crippen LogP contribution in [0.1, 0.15) is 35.3 Å². The molecule has 1 amide bonds. The van der Waals surface area contributed by atoms with Gasteiger partial charge < -0.3 is 5.32 Å². The van der Waals surface area contributed by atoms with Crippen molar-refractivity contribution in [3.63, 3.8) is 0 Å². The molecule has 0 aliphatic carbocycles. The SMILES string of the molecule is O=C(NCCn1ccc(C(F)(F)F)n1)c1ccc(S(=O)(=O)N2CCCCC2)cc1. The first-order valence-corrected chi connectivity index (χ1v) is 10.6. The van der Waals surface area contributed by atoms with Gasteiger partial charge in [-0.15, -0.1) is 0 Å². The molecule has 1 N–H and O–H groups in total. The molecule has 0 atom stereocenters. The summed E-state index contributed by atoms with van der Waals surface area (Å²) in [4.78, 5) is 12.3. The zero-order valence-electron chi connectivity index (χ0n) is 15.5. The summed E-state index contributed by atoms with van der Waals surface area (Å²) in [5.41, 5.74) is -0.728. The van der Waals surface area contributed by atoms with Gasteiger partial charge in [0.2, 0.25) is 10.0 Å². The first-order valence-electron chi connectivity index (χ1n) is 9.17. The number of benzene rings is 1. The highest BCUT2D eigenvalue weighted by Crippen LogP contribution is 2.27. The summed E-state index contributed by atoms with van der Waals surface area (Å²) >= 11 is 0. The molecular formula is C18H21F3N4O3S. The topological polar surface area (TPSA) is 84.3 Å². The summed E-state index contributed by atoms with van der Waals surface area (Å²) in [6.45, 7) is 1.14. The summed E-state index contributed by atoms with van der Waals surface area (Å²) in [6.07, 6.45) is -0.637.